The van der Waals surface area contributed by atoms with Crippen molar-refractivity contribution >= 4 is 35.1 Å². The van der Waals surface area contributed by atoms with Gasteiger partial charge in [0.1, 0.15) is 5.52 Å². The van der Waals surface area contributed by atoms with Gasteiger partial charge in [0.25, 0.3) is 0 Å². The van der Waals surface area contributed by atoms with Crippen LogP contribution in [0.1, 0.15) is 50.3 Å². The first-order valence-corrected chi connectivity index (χ1v) is 9.17. The van der Waals surface area contributed by atoms with Gasteiger partial charge in [0.2, 0.25) is 5.91 Å². The second kappa shape index (κ2) is 6.29. The Balaban J connectivity index is 0.00000157. The molecule has 25 heavy (non-hydrogen) atoms. The van der Waals surface area contributed by atoms with Gasteiger partial charge in [-0.05, 0) is 56.3 Å². The second-order valence-corrected chi connectivity index (χ2v) is 7.69. The maximum Gasteiger partial charge on any atom is 0.232 e. The molecular weight excluding hydrogens is 338 g/mol. The summed E-state index contributed by atoms with van der Waals surface area (Å²) >= 11 is 0. The number of amides is 1. The van der Waals surface area contributed by atoms with Crippen molar-refractivity contribution in [3.63, 3.8) is 0 Å². The Morgan fingerprint density at radius 3 is 3.00 bits per heavy atom. The number of rotatable bonds is 3. The highest BCUT2D eigenvalue weighted by molar-refractivity contribution is 5.97. The summed E-state index contributed by atoms with van der Waals surface area (Å²) in [6.07, 6.45) is 6.90. The van der Waals surface area contributed by atoms with Crippen molar-refractivity contribution in [3.05, 3.63) is 24.1 Å². The Kier molecular flexibility index (Phi) is 4.24. The number of nitrogens with one attached hydrogen (secondary N) is 2. The minimum atomic E-state index is -0.226. The van der Waals surface area contributed by atoms with Crippen LogP contribution in [0.4, 0.5) is 5.69 Å². The number of carbonyl (C=O) groups excluding carboxylic acids is 1. The van der Waals surface area contributed by atoms with E-state index in [1.54, 1.807) is 0 Å². The molecule has 134 valence electrons. The van der Waals surface area contributed by atoms with Crippen LogP contribution < -0.4 is 10.6 Å². The number of carbonyl (C=O) groups is 1. The highest BCUT2D eigenvalue weighted by Gasteiger charge is 2.49. The number of anilines is 1. The minimum Gasteiger partial charge on any atom is -0.440 e. The first kappa shape index (κ1) is 16.9. The fourth-order valence-corrected chi connectivity index (χ4v) is 4.47. The highest BCUT2D eigenvalue weighted by Crippen LogP contribution is 2.45. The topological polar surface area (TPSA) is 67.2 Å². The molecule has 3 fully saturated rings. The zero-order valence-corrected chi connectivity index (χ0v) is 15.0. The van der Waals surface area contributed by atoms with E-state index in [9.17, 15) is 4.79 Å². The Bertz CT molecular complexity index is 801. The van der Waals surface area contributed by atoms with Crippen molar-refractivity contribution in [3.8, 4) is 0 Å². The van der Waals surface area contributed by atoms with E-state index >= 15 is 0 Å². The summed E-state index contributed by atoms with van der Waals surface area (Å²) in [5, 5.41) is 6.60. The molecular formula is C19H24ClN3O2. The van der Waals surface area contributed by atoms with Crippen molar-refractivity contribution in [2.24, 2.45) is 11.3 Å². The van der Waals surface area contributed by atoms with Gasteiger partial charge in [-0.1, -0.05) is 12.8 Å². The van der Waals surface area contributed by atoms with Crippen LogP contribution in [0.3, 0.4) is 0 Å². The molecule has 1 saturated heterocycles. The van der Waals surface area contributed by atoms with E-state index < -0.39 is 0 Å². The predicted octanol–water partition coefficient (Wildman–Crippen LogP) is 3.85. The van der Waals surface area contributed by atoms with Gasteiger partial charge in [0.15, 0.2) is 11.5 Å². The van der Waals surface area contributed by atoms with Crippen LogP contribution in [-0.2, 0) is 4.79 Å². The second-order valence-electron chi connectivity index (χ2n) is 7.69. The van der Waals surface area contributed by atoms with Gasteiger partial charge in [-0.3, -0.25) is 4.79 Å². The number of nitrogens with zero attached hydrogens (tertiary/aromatic N) is 1. The van der Waals surface area contributed by atoms with E-state index in [1.807, 2.05) is 18.2 Å². The molecule has 0 spiro atoms. The summed E-state index contributed by atoms with van der Waals surface area (Å²) in [6.45, 7) is 1.78. The minimum absolute atomic E-state index is 0. The van der Waals surface area contributed by atoms with Crippen LogP contribution in [0.15, 0.2) is 22.6 Å². The molecule has 1 amide bonds. The Morgan fingerprint density at radius 2 is 2.16 bits per heavy atom. The van der Waals surface area contributed by atoms with E-state index in [1.165, 1.54) is 19.3 Å². The third-order valence-electron chi connectivity index (χ3n) is 6.08. The SMILES string of the molecule is Cl.O=C(Nc1ccc2oc(C3CC3)nc2c1)[C@@]12CCCC[C@H]1CNC2. The monoisotopic (exact) mass is 361 g/mol. The molecule has 1 aromatic carbocycles. The molecule has 6 heteroatoms. The number of fused-ring (bicyclic) bond motifs is 2. The van der Waals surface area contributed by atoms with Crippen LogP contribution >= 0.6 is 12.4 Å². The maximum absolute atomic E-state index is 13.0. The van der Waals surface area contributed by atoms with Crippen molar-refractivity contribution < 1.29 is 9.21 Å². The molecule has 2 N–H and O–H groups in total. The summed E-state index contributed by atoms with van der Waals surface area (Å²) < 4.78 is 5.80. The zero-order valence-electron chi connectivity index (χ0n) is 14.2. The van der Waals surface area contributed by atoms with E-state index in [-0.39, 0.29) is 23.7 Å². The van der Waals surface area contributed by atoms with Gasteiger partial charge in [-0.25, -0.2) is 4.98 Å². The van der Waals surface area contributed by atoms with Crippen LogP contribution in [0.25, 0.3) is 11.1 Å². The van der Waals surface area contributed by atoms with Gasteiger partial charge < -0.3 is 15.1 Å². The van der Waals surface area contributed by atoms with Crippen molar-refractivity contribution in [2.75, 3.05) is 18.4 Å². The molecule has 2 saturated carbocycles. The predicted molar refractivity (Wildman–Crippen MR) is 99.1 cm³/mol. The van der Waals surface area contributed by atoms with E-state index in [4.69, 9.17) is 4.42 Å². The Labute approximate surface area is 153 Å². The van der Waals surface area contributed by atoms with Gasteiger partial charge in [0, 0.05) is 18.2 Å². The largest absolute Gasteiger partial charge is 0.440 e. The molecule has 1 aromatic heterocycles. The van der Waals surface area contributed by atoms with Crippen molar-refractivity contribution in [1.82, 2.24) is 10.3 Å². The number of hydrogen-bond acceptors (Lipinski definition) is 4. The smallest absolute Gasteiger partial charge is 0.232 e. The van der Waals surface area contributed by atoms with Gasteiger partial charge in [-0.15, -0.1) is 12.4 Å². The van der Waals surface area contributed by atoms with Gasteiger partial charge >= 0.3 is 0 Å². The van der Waals surface area contributed by atoms with Crippen LogP contribution in [0.5, 0.6) is 0 Å². The molecule has 2 heterocycles. The third kappa shape index (κ3) is 2.83. The summed E-state index contributed by atoms with van der Waals surface area (Å²) in [5.74, 6) is 1.99. The van der Waals surface area contributed by atoms with Crippen molar-refractivity contribution in [1.29, 1.82) is 0 Å². The Hall–Kier alpha value is -1.59. The van der Waals surface area contributed by atoms with Crippen molar-refractivity contribution in [2.45, 2.75) is 44.4 Å². The maximum atomic E-state index is 13.0. The zero-order chi connectivity index (χ0) is 16.1. The lowest BCUT2D eigenvalue weighted by molar-refractivity contribution is -0.128. The number of aromatic nitrogens is 1. The average molecular weight is 362 g/mol. The van der Waals surface area contributed by atoms with E-state index in [2.05, 4.69) is 15.6 Å². The van der Waals surface area contributed by atoms with E-state index in [0.29, 0.717) is 11.8 Å². The number of benzene rings is 1. The molecule has 5 nitrogen and oxygen atoms in total. The molecule has 2 atom stereocenters. The molecule has 2 aliphatic carbocycles. The lowest BCUT2D eigenvalue weighted by Crippen LogP contribution is -2.44. The fraction of sp³-hybridized carbons (Fsp3) is 0.579. The molecule has 2 aromatic rings. The van der Waals surface area contributed by atoms with Gasteiger partial charge in [-0.2, -0.15) is 0 Å². The fourth-order valence-electron chi connectivity index (χ4n) is 4.47. The number of oxazole rings is 1. The summed E-state index contributed by atoms with van der Waals surface area (Å²) in [6, 6.07) is 5.80. The summed E-state index contributed by atoms with van der Waals surface area (Å²) in [5.41, 5.74) is 2.26. The quantitative estimate of drug-likeness (QED) is 0.871. The first-order valence-electron chi connectivity index (χ1n) is 9.17. The van der Waals surface area contributed by atoms with E-state index in [0.717, 1.165) is 55.0 Å². The molecule has 0 bridgehead atoms. The Morgan fingerprint density at radius 1 is 1.28 bits per heavy atom. The highest BCUT2D eigenvalue weighted by atomic mass is 35.5. The van der Waals surface area contributed by atoms with Crippen LogP contribution in [0, 0.1) is 11.3 Å². The van der Waals surface area contributed by atoms with Gasteiger partial charge in [0.05, 0.1) is 5.41 Å². The lowest BCUT2D eigenvalue weighted by Gasteiger charge is -2.37. The number of halogens is 1. The number of hydrogen-bond donors (Lipinski definition) is 2. The normalized spacial score (nSPS) is 28.4. The molecule has 0 unspecified atom stereocenters. The molecule has 1 aliphatic heterocycles. The van der Waals surface area contributed by atoms with Crippen LogP contribution in [0.2, 0.25) is 0 Å². The molecule has 5 rings (SSSR count). The lowest BCUT2D eigenvalue weighted by atomic mass is 9.67. The van der Waals surface area contributed by atoms with Crippen LogP contribution in [-0.4, -0.2) is 24.0 Å². The molecule has 3 aliphatic rings. The molecule has 0 radical (unpaired) electrons. The summed E-state index contributed by atoms with van der Waals surface area (Å²) in [4.78, 5) is 17.6. The third-order valence-corrected chi connectivity index (χ3v) is 6.08. The average Bonchev–Trinajstić information content (AvgIpc) is 3.20. The first-order chi connectivity index (χ1) is 11.7. The summed E-state index contributed by atoms with van der Waals surface area (Å²) in [7, 11) is 0. The standard InChI is InChI=1S/C19H23N3O2.ClH/c23-18(19-8-2-1-3-13(19)10-20-11-19)21-14-6-7-16-15(9-14)22-17(24-16)12-4-5-12;/h6-7,9,12-13,20H,1-5,8,10-11H2,(H,21,23);1H/t13-,19+;/m0./s1.